The van der Waals surface area contributed by atoms with Gasteiger partial charge in [0, 0.05) is 11.1 Å². The molecule has 0 spiro atoms. The summed E-state index contributed by atoms with van der Waals surface area (Å²) in [4.78, 5) is 0. The molecule has 4 heteroatoms. The van der Waals surface area contributed by atoms with Gasteiger partial charge in [-0.15, -0.1) is 0 Å². The Labute approximate surface area is 116 Å². The van der Waals surface area contributed by atoms with Crippen LogP contribution in [0.1, 0.15) is 5.56 Å². The number of hydrogen-bond donors (Lipinski definition) is 1. The molecule has 1 N–H and O–H groups in total. The monoisotopic (exact) mass is 267 g/mol. The van der Waals surface area contributed by atoms with Crippen LogP contribution in [-0.4, -0.2) is 18.0 Å². The summed E-state index contributed by atoms with van der Waals surface area (Å²) in [5.74, 6) is 2.13. The number of para-hydroxylation sites is 2. The molecule has 0 saturated carbocycles. The van der Waals surface area contributed by atoms with Crippen LogP contribution in [-0.2, 0) is 0 Å². The summed E-state index contributed by atoms with van der Waals surface area (Å²) in [5, 5.41) is 11.6. The quantitative estimate of drug-likeness (QED) is 0.524. The zero-order valence-electron chi connectivity index (χ0n) is 10.7. The Hall–Kier alpha value is -2.75. The molecule has 0 saturated heterocycles. The van der Waals surface area contributed by atoms with Crippen molar-refractivity contribution in [3.63, 3.8) is 0 Å². The lowest BCUT2D eigenvalue weighted by Gasteiger charge is -2.19. The van der Waals surface area contributed by atoms with E-state index >= 15 is 0 Å². The predicted octanol–water partition coefficient (Wildman–Crippen LogP) is 3.71. The van der Waals surface area contributed by atoms with Crippen molar-refractivity contribution in [3.05, 3.63) is 59.7 Å². The molecule has 100 valence electrons. The summed E-state index contributed by atoms with van der Waals surface area (Å²) in [5.41, 5.74) is 1.71. The van der Waals surface area contributed by atoms with Crippen molar-refractivity contribution >= 4 is 12.3 Å². The van der Waals surface area contributed by atoms with Gasteiger partial charge in [0.05, 0.1) is 6.21 Å². The maximum absolute atomic E-state index is 8.56. The maximum Gasteiger partial charge on any atom is 0.169 e. The number of ether oxygens (including phenoxy) is 2. The van der Waals surface area contributed by atoms with E-state index in [4.69, 9.17) is 14.7 Å². The minimum atomic E-state index is 0.353. The fourth-order valence-electron chi connectivity index (χ4n) is 2.04. The Morgan fingerprint density at radius 3 is 2.75 bits per heavy atom. The molecule has 0 aromatic heterocycles. The molecule has 3 rings (SSSR count). The van der Waals surface area contributed by atoms with E-state index in [0.29, 0.717) is 18.1 Å². The first-order valence-corrected chi connectivity index (χ1v) is 6.23. The molecular formula is C16H13NO3. The lowest BCUT2D eigenvalue weighted by Crippen LogP contribution is -2.09. The highest BCUT2D eigenvalue weighted by Gasteiger charge is 2.15. The molecule has 0 amide bonds. The van der Waals surface area contributed by atoms with E-state index in [2.05, 4.69) is 5.16 Å². The summed E-state index contributed by atoms with van der Waals surface area (Å²) in [6.07, 6.45) is 3.28. The molecule has 4 nitrogen and oxygen atoms in total. The largest absolute Gasteiger partial charge is 0.484 e. The number of fused-ring (bicyclic) bond motifs is 1. The molecule has 0 bridgehead atoms. The van der Waals surface area contributed by atoms with Gasteiger partial charge < -0.3 is 14.7 Å². The van der Waals surface area contributed by atoms with E-state index in [0.717, 1.165) is 16.9 Å². The summed E-state index contributed by atoms with van der Waals surface area (Å²) in [7, 11) is 0. The van der Waals surface area contributed by atoms with Crippen molar-refractivity contribution in [1.29, 1.82) is 0 Å². The first-order chi connectivity index (χ1) is 9.86. The van der Waals surface area contributed by atoms with Gasteiger partial charge in [-0.25, -0.2) is 0 Å². The van der Waals surface area contributed by atoms with Gasteiger partial charge in [0.15, 0.2) is 11.5 Å². The third-order valence-corrected chi connectivity index (χ3v) is 2.93. The minimum absolute atomic E-state index is 0.353. The summed E-state index contributed by atoms with van der Waals surface area (Å²) < 4.78 is 11.5. The Morgan fingerprint density at radius 2 is 1.95 bits per heavy atom. The number of rotatable bonds is 3. The van der Waals surface area contributed by atoms with Gasteiger partial charge in [-0.3, -0.25) is 0 Å². The van der Waals surface area contributed by atoms with E-state index in [1.807, 2.05) is 54.6 Å². The molecule has 0 unspecified atom stereocenters. The van der Waals surface area contributed by atoms with Gasteiger partial charge in [0.25, 0.3) is 0 Å². The molecule has 2 aromatic carbocycles. The van der Waals surface area contributed by atoms with Crippen molar-refractivity contribution in [1.82, 2.24) is 0 Å². The fourth-order valence-corrected chi connectivity index (χ4v) is 2.04. The molecule has 1 heterocycles. The first kappa shape index (κ1) is 12.3. The molecule has 1 aliphatic rings. The molecule has 0 radical (unpaired) electrons. The first-order valence-electron chi connectivity index (χ1n) is 6.23. The molecular weight excluding hydrogens is 254 g/mol. The van der Waals surface area contributed by atoms with Crippen molar-refractivity contribution in [2.75, 3.05) is 6.61 Å². The third kappa shape index (κ3) is 2.49. The molecule has 0 atom stereocenters. The topological polar surface area (TPSA) is 51.1 Å². The summed E-state index contributed by atoms with van der Waals surface area (Å²) in [6.45, 7) is 0.353. The van der Waals surface area contributed by atoms with Gasteiger partial charge in [-0.2, -0.15) is 0 Å². The van der Waals surface area contributed by atoms with Gasteiger partial charge >= 0.3 is 0 Å². The van der Waals surface area contributed by atoms with Crippen molar-refractivity contribution < 1.29 is 14.7 Å². The second kappa shape index (κ2) is 5.48. The van der Waals surface area contributed by atoms with E-state index in [-0.39, 0.29) is 0 Å². The van der Waals surface area contributed by atoms with E-state index in [1.165, 1.54) is 6.21 Å². The molecule has 0 fully saturated rings. The van der Waals surface area contributed by atoms with Crippen molar-refractivity contribution in [3.8, 4) is 17.2 Å². The van der Waals surface area contributed by atoms with Crippen LogP contribution in [0.4, 0.5) is 0 Å². The highest BCUT2D eigenvalue weighted by Crippen LogP contribution is 2.37. The van der Waals surface area contributed by atoms with Crippen LogP contribution >= 0.6 is 0 Å². The summed E-state index contributed by atoms with van der Waals surface area (Å²) >= 11 is 0. The average Bonchev–Trinajstić information content (AvgIpc) is 2.49. The van der Waals surface area contributed by atoms with Gasteiger partial charge in [-0.1, -0.05) is 35.5 Å². The molecule has 20 heavy (non-hydrogen) atoms. The van der Waals surface area contributed by atoms with Gasteiger partial charge in [0.2, 0.25) is 0 Å². The Morgan fingerprint density at radius 1 is 1.10 bits per heavy atom. The zero-order valence-corrected chi connectivity index (χ0v) is 10.7. The Balaban J connectivity index is 1.94. The van der Waals surface area contributed by atoms with E-state index < -0.39 is 0 Å². The second-order valence-electron chi connectivity index (χ2n) is 4.34. The lowest BCUT2D eigenvalue weighted by atomic mass is 10.1. The van der Waals surface area contributed by atoms with Gasteiger partial charge in [0.1, 0.15) is 12.4 Å². The van der Waals surface area contributed by atoms with Crippen LogP contribution in [0.3, 0.4) is 0 Å². The lowest BCUT2D eigenvalue weighted by molar-refractivity contribution is 0.316. The highest BCUT2D eigenvalue weighted by atomic mass is 16.5. The van der Waals surface area contributed by atoms with Crippen LogP contribution in [0.5, 0.6) is 17.2 Å². The van der Waals surface area contributed by atoms with E-state index in [9.17, 15) is 0 Å². The normalized spacial score (nSPS) is 13.5. The van der Waals surface area contributed by atoms with Crippen LogP contribution in [0, 0.1) is 0 Å². The number of benzene rings is 2. The Kier molecular flexibility index (Phi) is 3.37. The molecule has 2 aromatic rings. The number of nitrogens with zero attached hydrogens (tertiary/aromatic N) is 1. The van der Waals surface area contributed by atoms with Crippen LogP contribution in [0.2, 0.25) is 0 Å². The number of oxime groups is 1. The van der Waals surface area contributed by atoms with E-state index in [1.54, 1.807) is 0 Å². The number of hydrogen-bond acceptors (Lipinski definition) is 4. The van der Waals surface area contributed by atoms with Crippen molar-refractivity contribution in [2.45, 2.75) is 0 Å². The van der Waals surface area contributed by atoms with Gasteiger partial charge in [-0.05, 0) is 24.3 Å². The van der Waals surface area contributed by atoms with Crippen LogP contribution < -0.4 is 9.47 Å². The van der Waals surface area contributed by atoms with Crippen LogP contribution in [0.15, 0.2) is 59.3 Å². The minimum Gasteiger partial charge on any atom is -0.484 e. The smallest absolute Gasteiger partial charge is 0.169 e. The maximum atomic E-state index is 8.56. The average molecular weight is 267 g/mol. The van der Waals surface area contributed by atoms with Crippen molar-refractivity contribution in [2.24, 2.45) is 5.16 Å². The third-order valence-electron chi connectivity index (χ3n) is 2.93. The molecule has 1 aliphatic heterocycles. The fraction of sp³-hybridized carbons (Fsp3) is 0.0625. The summed E-state index contributed by atoms with van der Waals surface area (Å²) in [6, 6.07) is 15.2. The Bertz CT molecular complexity index is 663. The molecule has 0 aliphatic carbocycles. The highest BCUT2D eigenvalue weighted by molar-refractivity contribution is 5.87. The standard InChI is InChI=1S/C16H13NO3/c18-17-10-12-9-13-5-4-8-15(16(13)19-11-12)20-14-6-2-1-3-7-14/h1-10,18H,11H2/b17-10+. The predicted molar refractivity (Wildman–Crippen MR) is 76.7 cm³/mol. The second-order valence-corrected chi connectivity index (χ2v) is 4.34. The SMILES string of the molecule is O/N=C/C1=Cc2cccc(Oc3ccccc3)c2OC1. The van der Waals surface area contributed by atoms with Crippen LogP contribution in [0.25, 0.3) is 6.08 Å². The zero-order chi connectivity index (χ0) is 13.8.